The predicted molar refractivity (Wildman–Crippen MR) is 124 cm³/mol. The Morgan fingerprint density at radius 2 is 1.87 bits per heavy atom. The fraction of sp³-hybridized carbons (Fsp3) is 0.130. The van der Waals surface area contributed by atoms with E-state index in [4.69, 9.17) is 4.74 Å². The average molecular weight is 483 g/mol. The van der Waals surface area contributed by atoms with Crippen LogP contribution in [0.25, 0.3) is 0 Å². The summed E-state index contributed by atoms with van der Waals surface area (Å²) in [7, 11) is 1.61. The van der Waals surface area contributed by atoms with Crippen LogP contribution in [0.15, 0.2) is 77.3 Å². The van der Waals surface area contributed by atoms with Crippen LogP contribution in [-0.4, -0.2) is 24.7 Å². The lowest BCUT2D eigenvalue weighted by Gasteiger charge is -2.25. The van der Waals surface area contributed by atoms with Crippen molar-refractivity contribution in [2.75, 3.05) is 23.1 Å². The van der Waals surface area contributed by atoms with Gasteiger partial charge in [-0.2, -0.15) is 0 Å². The zero-order chi connectivity index (χ0) is 21.1. The number of nitrogens with one attached hydrogen (secondary N) is 1. The van der Waals surface area contributed by atoms with Crippen molar-refractivity contribution in [2.24, 2.45) is 0 Å². The second kappa shape index (κ2) is 8.93. The topological polar surface area (TPSA) is 58.6 Å². The number of ether oxygens (including phenoxy) is 1. The molecular weight excluding hydrogens is 464 g/mol. The Bertz CT molecular complexity index is 1090. The van der Waals surface area contributed by atoms with Gasteiger partial charge in [-0.25, -0.2) is 0 Å². The predicted octanol–water partition coefficient (Wildman–Crippen LogP) is 5.49. The third-order valence-corrected chi connectivity index (χ3v) is 6.48. The highest BCUT2D eigenvalue weighted by molar-refractivity contribution is 9.10. The standard InChI is InChI=1S/C23H19BrN2O3S/c1-29-20-7-3-6-19(13-20)26-21(27)14-30-23(26)16-4-2-5-18(12-16)25-22(28)15-8-10-17(24)11-9-15/h2-13,23H,14H2,1H3,(H,25,28)/t23-/m1/s1. The van der Waals surface area contributed by atoms with Crippen LogP contribution in [0.2, 0.25) is 0 Å². The number of hydrogen-bond acceptors (Lipinski definition) is 4. The van der Waals surface area contributed by atoms with E-state index in [0.29, 0.717) is 22.8 Å². The molecule has 0 radical (unpaired) electrons. The van der Waals surface area contributed by atoms with Gasteiger partial charge in [-0.15, -0.1) is 11.8 Å². The van der Waals surface area contributed by atoms with Gasteiger partial charge >= 0.3 is 0 Å². The maximum absolute atomic E-state index is 12.6. The zero-order valence-corrected chi connectivity index (χ0v) is 18.6. The number of hydrogen-bond donors (Lipinski definition) is 1. The summed E-state index contributed by atoms with van der Waals surface area (Å²) in [6.45, 7) is 0. The number of benzene rings is 3. The fourth-order valence-corrected chi connectivity index (χ4v) is 4.72. The molecule has 0 bridgehead atoms. The highest BCUT2D eigenvalue weighted by Crippen LogP contribution is 2.42. The van der Waals surface area contributed by atoms with Crippen LogP contribution in [0, 0.1) is 0 Å². The van der Waals surface area contributed by atoms with Crippen LogP contribution in [0.4, 0.5) is 11.4 Å². The summed E-state index contributed by atoms with van der Waals surface area (Å²) in [4.78, 5) is 27.0. The lowest BCUT2D eigenvalue weighted by atomic mass is 10.1. The maximum Gasteiger partial charge on any atom is 0.255 e. The van der Waals surface area contributed by atoms with Gasteiger partial charge in [0.15, 0.2) is 0 Å². The maximum atomic E-state index is 12.6. The quantitative estimate of drug-likeness (QED) is 0.522. The van der Waals surface area contributed by atoms with Crippen molar-refractivity contribution in [3.63, 3.8) is 0 Å². The molecule has 7 heteroatoms. The molecular formula is C23H19BrN2O3S. The Morgan fingerprint density at radius 3 is 2.63 bits per heavy atom. The molecule has 5 nitrogen and oxygen atoms in total. The molecule has 3 aromatic rings. The van der Waals surface area contributed by atoms with E-state index in [-0.39, 0.29) is 17.2 Å². The summed E-state index contributed by atoms with van der Waals surface area (Å²) in [6, 6.07) is 22.3. The number of carbonyl (C=O) groups excluding carboxylic acids is 2. The summed E-state index contributed by atoms with van der Waals surface area (Å²) in [5.74, 6) is 0.964. The van der Waals surface area contributed by atoms with E-state index >= 15 is 0 Å². The fourth-order valence-electron chi connectivity index (χ4n) is 3.28. The number of thioether (sulfide) groups is 1. The third-order valence-electron chi connectivity index (χ3n) is 4.74. The Morgan fingerprint density at radius 1 is 1.10 bits per heavy atom. The summed E-state index contributed by atoms with van der Waals surface area (Å²) in [5, 5.41) is 2.77. The van der Waals surface area contributed by atoms with Gasteiger partial charge in [0.25, 0.3) is 5.91 Å². The van der Waals surface area contributed by atoms with Gasteiger partial charge in [0.1, 0.15) is 11.1 Å². The van der Waals surface area contributed by atoms with Crippen LogP contribution in [0.5, 0.6) is 5.75 Å². The minimum absolute atomic E-state index is 0.0440. The summed E-state index contributed by atoms with van der Waals surface area (Å²) < 4.78 is 6.23. The highest BCUT2D eigenvalue weighted by atomic mass is 79.9. The highest BCUT2D eigenvalue weighted by Gasteiger charge is 2.34. The summed E-state index contributed by atoms with van der Waals surface area (Å²) in [5.41, 5.74) is 3.00. The number of anilines is 2. The Kier molecular flexibility index (Phi) is 6.11. The van der Waals surface area contributed by atoms with E-state index in [1.807, 2.05) is 60.7 Å². The molecule has 0 aliphatic carbocycles. The number of methoxy groups -OCH3 is 1. The smallest absolute Gasteiger partial charge is 0.255 e. The summed E-state index contributed by atoms with van der Waals surface area (Å²) >= 11 is 4.94. The molecule has 0 spiro atoms. The van der Waals surface area contributed by atoms with Crippen LogP contribution in [0.3, 0.4) is 0 Å². The van der Waals surface area contributed by atoms with E-state index in [1.54, 1.807) is 35.9 Å². The van der Waals surface area contributed by atoms with Gasteiger partial charge in [-0.3, -0.25) is 14.5 Å². The second-order valence-electron chi connectivity index (χ2n) is 6.72. The third kappa shape index (κ3) is 4.37. The molecule has 0 aromatic heterocycles. The molecule has 0 unspecified atom stereocenters. The molecule has 1 aliphatic heterocycles. The lowest BCUT2D eigenvalue weighted by molar-refractivity contribution is -0.115. The normalized spacial score (nSPS) is 15.9. The Labute approximate surface area is 187 Å². The van der Waals surface area contributed by atoms with Crippen molar-refractivity contribution in [1.82, 2.24) is 0 Å². The van der Waals surface area contributed by atoms with Gasteiger partial charge in [-0.05, 0) is 54.1 Å². The first-order valence-corrected chi connectivity index (χ1v) is 11.1. The second-order valence-corrected chi connectivity index (χ2v) is 8.70. The minimum Gasteiger partial charge on any atom is -0.497 e. The average Bonchev–Trinajstić information content (AvgIpc) is 3.16. The SMILES string of the molecule is COc1cccc(N2C(=O)CS[C@@H]2c2cccc(NC(=O)c3ccc(Br)cc3)c2)c1. The van der Waals surface area contributed by atoms with Crippen LogP contribution >= 0.6 is 27.7 Å². The number of halogens is 1. The van der Waals surface area contributed by atoms with E-state index < -0.39 is 0 Å². The minimum atomic E-state index is -0.181. The van der Waals surface area contributed by atoms with Crippen LogP contribution in [-0.2, 0) is 4.79 Å². The molecule has 1 saturated heterocycles. The lowest BCUT2D eigenvalue weighted by Crippen LogP contribution is -2.27. The van der Waals surface area contributed by atoms with Crippen LogP contribution in [0.1, 0.15) is 21.3 Å². The molecule has 1 fully saturated rings. The number of nitrogens with zero attached hydrogens (tertiary/aromatic N) is 1. The zero-order valence-electron chi connectivity index (χ0n) is 16.2. The largest absolute Gasteiger partial charge is 0.497 e. The number of carbonyl (C=O) groups is 2. The molecule has 152 valence electrons. The molecule has 3 aromatic carbocycles. The number of amides is 2. The molecule has 1 atom stereocenters. The first kappa shape index (κ1) is 20.5. The van der Waals surface area contributed by atoms with Gasteiger partial charge in [0.05, 0.1) is 12.9 Å². The van der Waals surface area contributed by atoms with E-state index in [2.05, 4.69) is 21.2 Å². The van der Waals surface area contributed by atoms with Crippen molar-refractivity contribution >= 4 is 50.9 Å². The van der Waals surface area contributed by atoms with Crippen molar-refractivity contribution in [1.29, 1.82) is 0 Å². The monoisotopic (exact) mass is 482 g/mol. The molecule has 1 heterocycles. The Balaban J connectivity index is 1.58. The van der Waals surface area contributed by atoms with Gasteiger partial charge in [-0.1, -0.05) is 34.1 Å². The van der Waals surface area contributed by atoms with Gasteiger partial charge in [0, 0.05) is 27.5 Å². The van der Waals surface area contributed by atoms with Crippen molar-refractivity contribution in [2.45, 2.75) is 5.37 Å². The van der Waals surface area contributed by atoms with E-state index in [9.17, 15) is 9.59 Å². The van der Waals surface area contributed by atoms with E-state index in [0.717, 1.165) is 15.7 Å². The summed E-state index contributed by atoms with van der Waals surface area (Å²) in [6.07, 6.45) is 0. The molecule has 2 amide bonds. The van der Waals surface area contributed by atoms with Crippen molar-refractivity contribution < 1.29 is 14.3 Å². The van der Waals surface area contributed by atoms with Crippen LogP contribution < -0.4 is 15.0 Å². The first-order valence-electron chi connectivity index (χ1n) is 9.30. The molecule has 1 aliphatic rings. The Hall–Kier alpha value is -2.77. The van der Waals surface area contributed by atoms with Crippen molar-refractivity contribution in [3.8, 4) is 5.75 Å². The van der Waals surface area contributed by atoms with Gasteiger partial charge < -0.3 is 10.1 Å². The van der Waals surface area contributed by atoms with E-state index in [1.165, 1.54) is 0 Å². The van der Waals surface area contributed by atoms with Gasteiger partial charge in [0.2, 0.25) is 5.91 Å². The molecule has 0 saturated carbocycles. The first-order chi connectivity index (χ1) is 14.5. The molecule has 1 N–H and O–H groups in total. The number of rotatable bonds is 5. The molecule has 4 rings (SSSR count). The molecule has 30 heavy (non-hydrogen) atoms. The van der Waals surface area contributed by atoms with Crippen molar-refractivity contribution in [3.05, 3.63) is 88.4 Å².